The molecule has 2 aromatic carbocycles. The molecule has 0 heterocycles. The molecule has 3 N–H and O–H groups in total. The Kier molecular flexibility index (Phi) is 4.02. The van der Waals surface area contributed by atoms with Crippen molar-refractivity contribution in [2.24, 2.45) is 0 Å². The summed E-state index contributed by atoms with van der Waals surface area (Å²) < 4.78 is 18.3. The van der Waals surface area contributed by atoms with Crippen molar-refractivity contribution >= 4 is 40.3 Å². The molecule has 100 valence electrons. The largest absolute Gasteiger partial charge is 0.494 e. The first-order valence-corrected chi connectivity index (χ1v) is 6.12. The van der Waals surface area contributed by atoms with E-state index in [9.17, 15) is 4.39 Å². The fraction of sp³-hybridized carbons (Fsp3) is 0.0769. The van der Waals surface area contributed by atoms with Gasteiger partial charge < -0.3 is 15.8 Å². The average molecular weight is 301 g/mol. The van der Waals surface area contributed by atoms with Crippen LogP contribution in [0.15, 0.2) is 30.3 Å². The third-order valence-corrected chi connectivity index (χ3v) is 3.18. The molecule has 0 aliphatic heterocycles. The summed E-state index contributed by atoms with van der Waals surface area (Å²) in [5.74, 6) is -0.448. The number of para-hydroxylation sites is 1. The van der Waals surface area contributed by atoms with Gasteiger partial charge in [0.15, 0.2) is 11.6 Å². The van der Waals surface area contributed by atoms with Crippen molar-refractivity contribution < 1.29 is 9.13 Å². The zero-order chi connectivity index (χ0) is 14.0. The van der Waals surface area contributed by atoms with Crippen LogP contribution in [0, 0.1) is 5.82 Å². The normalized spacial score (nSPS) is 10.3. The quantitative estimate of drug-likeness (QED) is 0.822. The molecular weight excluding hydrogens is 290 g/mol. The van der Waals surface area contributed by atoms with E-state index in [1.807, 2.05) is 0 Å². The number of nitrogens with one attached hydrogen (secondary N) is 1. The smallest absolute Gasteiger partial charge is 0.167 e. The molecule has 2 rings (SSSR count). The lowest BCUT2D eigenvalue weighted by Crippen LogP contribution is -2.00. The Balaban J connectivity index is 2.44. The fourth-order valence-electron chi connectivity index (χ4n) is 1.59. The molecule has 0 bridgehead atoms. The van der Waals surface area contributed by atoms with Gasteiger partial charge in [-0.15, -0.1) is 0 Å². The number of benzene rings is 2. The van der Waals surface area contributed by atoms with Crippen LogP contribution >= 0.6 is 23.2 Å². The highest BCUT2D eigenvalue weighted by molar-refractivity contribution is 6.39. The third kappa shape index (κ3) is 2.85. The minimum absolute atomic E-state index is 0.0832. The number of anilines is 3. The van der Waals surface area contributed by atoms with Crippen molar-refractivity contribution in [3.8, 4) is 5.75 Å². The number of methoxy groups -OCH3 is 1. The molecular formula is C13H11Cl2FN2O. The molecule has 0 saturated heterocycles. The van der Waals surface area contributed by atoms with Gasteiger partial charge in [0, 0.05) is 12.1 Å². The molecule has 6 heteroatoms. The van der Waals surface area contributed by atoms with Gasteiger partial charge >= 0.3 is 0 Å². The van der Waals surface area contributed by atoms with E-state index in [-0.39, 0.29) is 11.4 Å². The summed E-state index contributed by atoms with van der Waals surface area (Å²) in [6.45, 7) is 0. The Morgan fingerprint density at radius 3 is 2.42 bits per heavy atom. The van der Waals surface area contributed by atoms with Crippen LogP contribution in [0.2, 0.25) is 10.0 Å². The number of ether oxygens (including phenoxy) is 1. The van der Waals surface area contributed by atoms with Gasteiger partial charge in [0.05, 0.1) is 34.2 Å². The molecule has 0 spiro atoms. The lowest BCUT2D eigenvalue weighted by Gasteiger charge is -2.14. The Morgan fingerprint density at radius 2 is 1.84 bits per heavy atom. The van der Waals surface area contributed by atoms with Gasteiger partial charge in [-0.3, -0.25) is 0 Å². The minimum Gasteiger partial charge on any atom is -0.494 e. The Hall–Kier alpha value is -1.65. The monoisotopic (exact) mass is 300 g/mol. The van der Waals surface area contributed by atoms with Crippen molar-refractivity contribution in [2.75, 3.05) is 18.2 Å². The maximum atomic E-state index is 13.4. The van der Waals surface area contributed by atoms with E-state index >= 15 is 0 Å². The van der Waals surface area contributed by atoms with Crippen molar-refractivity contribution in [1.82, 2.24) is 0 Å². The molecule has 0 aliphatic carbocycles. The van der Waals surface area contributed by atoms with Gasteiger partial charge in [-0.25, -0.2) is 4.39 Å². The summed E-state index contributed by atoms with van der Waals surface area (Å²) in [5, 5.41) is 3.86. The average Bonchev–Trinajstić information content (AvgIpc) is 2.36. The number of rotatable bonds is 3. The van der Waals surface area contributed by atoms with Crippen LogP contribution in [0.4, 0.5) is 21.5 Å². The second-order valence-electron chi connectivity index (χ2n) is 3.80. The van der Waals surface area contributed by atoms with Crippen LogP contribution in [0.3, 0.4) is 0 Å². The van der Waals surface area contributed by atoms with E-state index in [1.54, 1.807) is 18.2 Å². The second kappa shape index (κ2) is 5.55. The molecule has 0 aliphatic rings. The molecule has 2 aromatic rings. The lowest BCUT2D eigenvalue weighted by molar-refractivity contribution is 0.387. The summed E-state index contributed by atoms with van der Waals surface area (Å²) >= 11 is 12.1. The molecule has 0 unspecified atom stereocenters. The Morgan fingerprint density at radius 1 is 1.21 bits per heavy atom. The Labute approximate surface area is 120 Å². The first-order chi connectivity index (χ1) is 9.02. The highest BCUT2D eigenvalue weighted by Crippen LogP contribution is 2.36. The van der Waals surface area contributed by atoms with Gasteiger partial charge in [-0.1, -0.05) is 29.3 Å². The highest BCUT2D eigenvalue weighted by Gasteiger charge is 2.11. The van der Waals surface area contributed by atoms with E-state index in [0.717, 1.165) is 0 Å². The molecule has 19 heavy (non-hydrogen) atoms. The molecule has 3 nitrogen and oxygen atoms in total. The van der Waals surface area contributed by atoms with Gasteiger partial charge in [-0.05, 0) is 12.1 Å². The topological polar surface area (TPSA) is 47.3 Å². The first kappa shape index (κ1) is 13.8. The summed E-state index contributed by atoms with van der Waals surface area (Å²) in [6.07, 6.45) is 0. The van der Waals surface area contributed by atoms with E-state index in [2.05, 4.69) is 5.32 Å². The molecule has 0 atom stereocenters. The number of halogens is 3. The maximum absolute atomic E-state index is 13.4. The molecule has 0 fully saturated rings. The number of nitrogen functional groups attached to an aromatic ring is 1. The number of hydrogen-bond acceptors (Lipinski definition) is 3. The SMILES string of the molecule is COc1cc(Nc2c(Cl)cccc2Cl)c(N)cc1F. The van der Waals surface area contributed by atoms with E-state index in [0.29, 0.717) is 21.4 Å². The Bertz CT molecular complexity index is 600. The molecule has 0 radical (unpaired) electrons. The van der Waals surface area contributed by atoms with Gasteiger partial charge in [0.25, 0.3) is 0 Å². The summed E-state index contributed by atoms with van der Waals surface area (Å²) in [6, 6.07) is 7.72. The summed E-state index contributed by atoms with van der Waals surface area (Å²) in [4.78, 5) is 0. The molecule has 0 amide bonds. The second-order valence-corrected chi connectivity index (χ2v) is 4.61. The third-order valence-electron chi connectivity index (χ3n) is 2.55. The minimum atomic E-state index is -0.532. The van der Waals surface area contributed by atoms with Crippen molar-refractivity contribution in [3.63, 3.8) is 0 Å². The summed E-state index contributed by atoms with van der Waals surface area (Å²) in [7, 11) is 1.38. The van der Waals surface area contributed by atoms with Crippen LogP contribution in [0.1, 0.15) is 0 Å². The highest BCUT2D eigenvalue weighted by atomic mass is 35.5. The van der Waals surface area contributed by atoms with Gasteiger partial charge in [-0.2, -0.15) is 0 Å². The van der Waals surface area contributed by atoms with Gasteiger partial charge in [0.2, 0.25) is 0 Å². The van der Waals surface area contributed by atoms with Crippen molar-refractivity contribution in [1.29, 1.82) is 0 Å². The molecule has 0 aromatic heterocycles. The van der Waals surface area contributed by atoms with Crippen molar-refractivity contribution in [3.05, 3.63) is 46.2 Å². The zero-order valence-corrected chi connectivity index (χ0v) is 11.5. The van der Waals surface area contributed by atoms with E-state index < -0.39 is 5.82 Å². The number of hydrogen-bond donors (Lipinski definition) is 2. The van der Waals surface area contributed by atoms with E-state index in [4.69, 9.17) is 33.7 Å². The fourth-order valence-corrected chi connectivity index (χ4v) is 2.08. The standard InChI is InChI=1S/C13H11Cl2FN2O/c1-19-12-6-11(10(17)5-9(12)16)18-13-7(14)3-2-4-8(13)15/h2-6,18H,17H2,1H3. The van der Waals surface area contributed by atoms with Crippen LogP contribution in [0.25, 0.3) is 0 Å². The van der Waals surface area contributed by atoms with Crippen LogP contribution in [-0.4, -0.2) is 7.11 Å². The van der Waals surface area contributed by atoms with Crippen LogP contribution in [-0.2, 0) is 0 Å². The number of nitrogens with two attached hydrogens (primary N) is 1. The van der Waals surface area contributed by atoms with Crippen molar-refractivity contribution in [2.45, 2.75) is 0 Å². The maximum Gasteiger partial charge on any atom is 0.167 e. The van der Waals surface area contributed by atoms with Crippen LogP contribution in [0.5, 0.6) is 5.75 Å². The van der Waals surface area contributed by atoms with Gasteiger partial charge in [0.1, 0.15) is 0 Å². The summed E-state index contributed by atoms with van der Waals surface area (Å²) in [5.41, 5.74) is 6.95. The lowest BCUT2D eigenvalue weighted by atomic mass is 10.2. The zero-order valence-electron chi connectivity index (χ0n) is 10.0. The van der Waals surface area contributed by atoms with Crippen LogP contribution < -0.4 is 15.8 Å². The van der Waals surface area contributed by atoms with E-state index in [1.165, 1.54) is 19.2 Å². The molecule has 0 saturated carbocycles. The predicted molar refractivity (Wildman–Crippen MR) is 77.1 cm³/mol. The first-order valence-electron chi connectivity index (χ1n) is 5.37. The predicted octanol–water partition coefficient (Wildman–Crippen LogP) is 4.47.